The molecule has 2 aromatic rings. The molecular weight excluding hydrogens is 264 g/mol. The summed E-state index contributed by atoms with van der Waals surface area (Å²) in [6.07, 6.45) is 3.61. The van der Waals surface area contributed by atoms with Gasteiger partial charge in [0.1, 0.15) is 0 Å². The molecule has 0 spiro atoms. The highest BCUT2D eigenvalue weighted by atomic mass is 28.4. The zero-order valence-electron chi connectivity index (χ0n) is 13.1. The summed E-state index contributed by atoms with van der Waals surface area (Å²) in [5, 5.41) is 0.226. The summed E-state index contributed by atoms with van der Waals surface area (Å²) in [5.41, 5.74) is 3.43. The van der Waals surface area contributed by atoms with Gasteiger partial charge in [-0.3, -0.25) is 0 Å². The molecule has 0 N–H and O–H groups in total. The fraction of sp³-hybridized carbons (Fsp3) is 0.412. The van der Waals surface area contributed by atoms with Gasteiger partial charge in [-0.2, -0.15) is 0 Å². The monoisotopic (exact) mass is 288 g/mol. The molecule has 0 fully saturated rings. The normalized spacial score (nSPS) is 12.7. The molecule has 0 aliphatic rings. The molecule has 108 valence electrons. The molecule has 20 heavy (non-hydrogen) atoms. The first-order valence-electron chi connectivity index (χ1n) is 7.06. The summed E-state index contributed by atoms with van der Waals surface area (Å²) in [6, 6.07) is 10.3. The third-order valence-electron chi connectivity index (χ3n) is 4.22. The van der Waals surface area contributed by atoms with Crippen LogP contribution in [0.3, 0.4) is 0 Å². The Kier molecular flexibility index (Phi) is 4.21. The van der Waals surface area contributed by atoms with Crippen LogP contribution in [0.5, 0.6) is 0 Å². The van der Waals surface area contributed by atoms with Crippen molar-refractivity contribution in [3.63, 3.8) is 0 Å². The lowest BCUT2D eigenvalue weighted by atomic mass is 10.1. The molecule has 1 aromatic carbocycles. The minimum Gasteiger partial charge on any atom is -0.472 e. The average molecular weight is 288 g/mol. The van der Waals surface area contributed by atoms with Crippen LogP contribution >= 0.6 is 0 Å². The van der Waals surface area contributed by atoms with E-state index in [0.717, 1.165) is 11.1 Å². The van der Waals surface area contributed by atoms with Crippen molar-refractivity contribution < 1.29 is 8.84 Å². The van der Waals surface area contributed by atoms with E-state index in [1.165, 1.54) is 5.56 Å². The third kappa shape index (κ3) is 3.22. The van der Waals surface area contributed by atoms with E-state index >= 15 is 0 Å². The van der Waals surface area contributed by atoms with Gasteiger partial charge in [-0.05, 0) is 23.7 Å². The summed E-state index contributed by atoms with van der Waals surface area (Å²) in [6.45, 7) is 11.9. The lowest BCUT2D eigenvalue weighted by Crippen LogP contribution is -2.40. The Morgan fingerprint density at radius 1 is 1.05 bits per heavy atom. The second-order valence-corrected chi connectivity index (χ2v) is 11.5. The van der Waals surface area contributed by atoms with Crippen LogP contribution in [-0.2, 0) is 11.0 Å². The van der Waals surface area contributed by atoms with E-state index in [-0.39, 0.29) is 5.04 Å². The lowest BCUT2D eigenvalue weighted by Gasteiger charge is -2.36. The van der Waals surface area contributed by atoms with Gasteiger partial charge in [-0.15, -0.1) is 0 Å². The minimum atomic E-state index is -1.73. The van der Waals surface area contributed by atoms with E-state index in [1.807, 2.05) is 18.2 Å². The molecule has 0 unspecified atom stereocenters. The SMILES string of the molecule is CC(C)(C)[Si](C)(C)OCc1cocc1-c1ccccc1. The Morgan fingerprint density at radius 2 is 1.70 bits per heavy atom. The van der Waals surface area contributed by atoms with E-state index in [9.17, 15) is 0 Å². The highest BCUT2D eigenvalue weighted by molar-refractivity contribution is 6.74. The minimum absolute atomic E-state index is 0.226. The molecule has 0 amide bonds. The van der Waals surface area contributed by atoms with Crippen molar-refractivity contribution in [2.45, 2.75) is 45.5 Å². The Bertz CT molecular complexity index is 550. The van der Waals surface area contributed by atoms with Crippen LogP contribution in [0, 0.1) is 0 Å². The standard InChI is InChI=1S/C17H24O2Si/c1-17(2,3)20(4,5)19-12-15-11-18-13-16(15)14-9-7-6-8-10-14/h6-11,13H,12H2,1-5H3. The van der Waals surface area contributed by atoms with E-state index in [2.05, 4.69) is 46.0 Å². The van der Waals surface area contributed by atoms with E-state index in [0.29, 0.717) is 6.61 Å². The van der Waals surface area contributed by atoms with Gasteiger partial charge in [0.15, 0.2) is 8.32 Å². The molecule has 3 heteroatoms. The molecule has 1 aromatic heterocycles. The molecule has 0 radical (unpaired) electrons. The van der Waals surface area contributed by atoms with Gasteiger partial charge >= 0.3 is 0 Å². The molecular formula is C17H24O2Si. The van der Waals surface area contributed by atoms with E-state index < -0.39 is 8.32 Å². The number of hydrogen-bond acceptors (Lipinski definition) is 2. The molecule has 1 heterocycles. The first-order chi connectivity index (χ1) is 9.31. The molecule has 2 nitrogen and oxygen atoms in total. The predicted octanol–water partition coefficient (Wildman–Crippen LogP) is 5.47. The fourth-order valence-corrected chi connectivity index (χ4v) is 2.73. The molecule has 0 aliphatic heterocycles. The van der Waals surface area contributed by atoms with Crippen molar-refractivity contribution >= 4 is 8.32 Å². The fourth-order valence-electron chi connectivity index (χ4n) is 1.78. The zero-order valence-corrected chi connectivity index (χ0v) is 14.1. The zero-order chi connectivity index (χ0) is 14.8. The number of benzene rings is 1. The van der Waals surface area contributed by atoms with E-state index in [4.69, 9.17) is 8.84 Å². The highest BCUT2D eigenvalue weighted by Crippen LogP contribution is 2.37. The lowest BCUT2D eigenvalue weighted by molar-refractivity contribution is 0.275. The Hall–Kier alpha value is -1.32. The second-order valence-electron chi connectivity index (χ2n) is 6.73. The highest BCUT2D eigenvalue weighted by Gasteiger charge is 2.37. The van der Waals surface area contributed by atoms with Gasteiger partial charge in [-0.1, -0.05) is 51.1 Å². The molecule has 0 saturated heterocycles. The van der Waals surface area contributed by atoms with Crippen LogP contribution in [0.1, 0.15) is 26.3 Å². The van der Waals surface area contributed by atoms with Crippen molar-refractivity contribution in [1.82, 2.24) is 0 Å². The van der Waals surface area contributed by atoms with Crippen LogP contribution < -0.4 is 0 Å². The largest absolute Gasteiger partial charge is 0.472 e. The van der Waals surface area contributed by atoms with Gasteiger partial charge < -0.3 is 8.84 Å². The van der Waals surface area contributed by atoms with Crippen LogP contribution in [0.4, 0.5) is 0 Å². The summed E-state index contributed by atoms with van der Waals surface area (Å²) in [5.74, 6) is 0. The Balaban J connectivity index is 2.15. The molecule has 0 atom stereocenters. The Labute approximate surface area is 122 Å². The second kappa shape index (κ2) is 5.58. The average Bonchev–Trinajstić information content (AvgIpc) is 2.84. The van der Waals surface area contributed by atoms with Crippen LogP contribution in [0.15, 0.2) is 47.3 Å². The van der Waals surface area contributed by atoms with Gasteiger partial charge in [0, 0.05) is 11.1 Å². The first kappa shape index (κ1) is 15.1. The van der Waals surface area contributed by atoms with Crippen molar-refractivity contribution in [3.8, 4) is 11.1 Å². The van der Waals surface area contributed by atoms with Crippen LogP contribution in [-0.4, -0.2) is 8.32 Å². The molecule has 0 saturated carbocycles. The first-order valence-corrected chi connectivity index (χ1v) is 9.96. The maximum absolute atomic E-state index is 6.28. The van der Waals surface area contributed by atoms with E-state index in [1.54, 1.807) is 12.5 Å². The van der Waals surface area contributed by atoms with Gasteiger partial charge in [0.05, 0.1) is 19.1 Å². The molecule has 0 bridgehead atoms. The number of rotatable bonds is 4. The third-order valence-corrected chi connectivity index (χ3v) is 8.70. The molecule has 0 aliphatic carbocycles. The smallest absolute Gasteiger partial charge is 0.192 e. The Morgan fingerprint density at radius 3 is 2.30 bits per heavy atom. The topological polar surface area (TPSA) is 22.4 Å². The van der Waals surface area contributed by atoms with Gasteiger partial charge in [-0.25, -0.2) is 0 Å². The van der Waals surface area contributed by atoms with Crippen molar-refractivity contribution in [1.29, 1.82) is 0 Å². The van der Waals surface area contributed by atoms with Gasteiger partial charge in [0.25, 0.3) is 0 Å². The summed E-state index contributed by atoms with van der Waals surface area (Å²) in [7, 11) is -1.73. The van der Waals surface area contributed by atoms with Gasteiger partial charge in [0.2, 0.25) is 0 Å². The maximum atomic E-state index is 6.28. The predicted molar refractivity (Wildman–Crippen MR) is 86.1 cm³/mol. The summed E-state index contributed by atoms with van der Waals surface area (Å²) >= 11 is 0. The number of furan rings is 1. The summed E-state index contributed by atoms with van der Waals surface area (Å²) in [4.78, 5) is 0. The van der Waals surface area contributed by atoms with Crippen LogP contribution in [0.2, 0.25) is 18.1 Å². The maximum Gasteiger partial charge on any atom is 0.192 e. The van der Waals surface area contributed by atoms with Crippen LogP contribution in [0.25, 0.3) is 11.1 Å². The van der Waals surface area contributed by atoms with Crippen molar-refractivity contribution in [2.24, 2.45) is 0 Å². The quantitative estimate of drug-likeness (QED) is 0.696. The summed E-state index contributed by atoms with van der Waals surface area (Å²) < 4.78 is 11.7. The van der Waals surface area contributed by atoms with Crippen molar-refractivity contribution in [2.75, 3.05) is 0 Å². The van der Waals surface area contributed by atoms with Crippen molar-refractivity contribution in [3.05, 3.63) is 48.4 Å². The number of hydrogen-bond donors (Lipinski definition) is 0. The molecule has 2 rings (SSSR count).